The molecule has 0 radical (unpaired) electrons. The van der Waals surface area contributed by atoms with Gasteiger partial charge in [0.05, 0.1) is 11.6 Å². The quantitative estimate of drug-likeness (QED) is 0.671. The van der Waals surface area contributed by atoms with Crippen molar-refractivity contribution in [3.05, 3.63) is 71.3 Å². The van der Waals surface area contributed by atoms with Crippen molar-refractivity contribution < 1.29 is 14.3 Å². The zero-order valence-electron chi connectivity index (χ0n) is 14.0. The molecule has 0 aliphatic rings. The average Bonchev–Trinajstić information content (AvgIpc) is 2.62. The summed E-state index contributed by atoms with van der Waals surface area (Å²) in [4.78, 5) is 23.8. The van der Waals surface area contributed by atoms with Crippen LogP contribution in [0.2, 0.25) is 0 Å². The maximum Gasteiger partial charge on any atom is 0.331 e. The summed E-state index contributed by atoms with van der Waals surface area (Å²) < 4.78 is 5.08. The summed E-state index contributed by atoms with van der Waals surface area (Å²) in [6.07, 6.45) is 1.89. The second-order valence-corrected chi connectivity index (χ2v) is 5.50. The first-order chi connectivity index (χ1) is 12.0. The van der Waals surface area contributed by atoms with Crippen LogP contribution in [0.25, 0.3) is 6.08 Å². The number of ether oxygens (including phenoxy) is 1. The van der Waals surface area contributed by atoms with E-state index in [-0.39, 0.29) is 0 Å². The molecule has 5 heteroatoms. The molecule has 1 atom stereocenters. The Balaban J connectivity index is 1.87. The molecule has 2 aromatic carbocycles. The smallest absolute Gasteiger partial charge is 0.331 e. The molecule has 0 unspecified atom stereocenters. The minimum Gasteiger partial charge on any atom is -0.449 e. The molecule has 1 amide bonds. The lowest BCUT2D eigenvalue weighted by Crippen LogP contribution is -2.29. The van der Waals surface area contributed by atoms with Gasteiger partial charge in [0.25, 0.3) is 5.91 Å². The van der Waals surface area contributed by atoms with Crippen molar-refractivity contribution in [3.63, 3.8) is 0 Å². The number of carbonyl (C=O) groups excluding carboxylic acids is 2. The molecule has 0 saturated carbocycles. The van der Waals surface area contributed by atoms with Gasteiger partial charge in [0.1, 0.15) is 0 Å². The Kier molecular flexibility index (Phi) is 6.08. The molecule has 5 nitrogen and oxygen atoms in total. The molecule has 1 N–H and O–H groups in total. The van der Waals surface area contributed by atoms with Gasteiger partial charge in [0, 0.05) is 11.8 Å². The second-order valence-electron chi connectivity index (χ2n) is 5.50. The van der Waals surface area contributed by atoms with Crippen molar-refractivity contribution in [2.24, 2.45) is 0 Å². The molecular weight excluding hydrogens is 316 g/mol. The van der Waals surface area contributed by atoms with Crippen molar-refractivity contribution in [3.8, 4) is 6.07 Å². The molecular formula is C20H18N2O3. The van der Waals surface area contributed by atoms with Gasteiger partial charge < -0.3 is 10.1 Å². The Labute approximate surface area is 146 Å². The molecule has 0 heterocycles. The number of aryl methyl sites for hydroxylation is 1. The van der Waals surface area contributed by atoms with Crippen LogP contribution in [0.4, 0.5) is 5.69 Å². The summed E-state index contributed by atoms with van der Waals surface area (Å²) in [6.45, 7) is 3.47. The van der Waals surface area contributed by atoms with Gasteiger partial charge in [-0.25, -0.2) is 4.79 Å². The van der Waals surface area contributed by atoms with E-state index >= 15 is 0 Å². The van der Waals surface area contributed by atoms with Crippen molar-refractivity contribution in [1.29, 1.82) is 5.26 Å². The number of carbonyl (C=O) groups is 2. The van der Waals surface area contributed by atoms with Crippen LogP contribution in [0.3, 0.4) is 0 Å². The number of hydrogen-bond acceptors (Lipinski definition) is 4. The lowest BCUT2D eigenvalue weighted by Gasteiger charge is -2.12. The first-order valence-corrected chi connectivity index (χ1v) is 7.74. The number of esters is 1. The lowest BCUT2D eigenvalue weighted by molar-refractivity contribution is -0.148. The third-order valence-electron chi connectivity index (χ3n) is 3.43. The monoisotopic (exact) mass is 334 g/mol. The van der Waals surface area contributed by atoms with Crippen molar-refractivity contribution >= 4 is 23.6 Å². The molecule has 0 saturated heterocycles. The second kappa shape index (κ2) is 8.46. The number of rotatable bonds is 5. The number of nitriles is 1. The fraction of sp³-hybridized carbons (Fsp3) is 0.150. The van der Waals surface area contributed by atoms with Gasteiger partial charge in [0.2, 0.25) is 0 Å². The van der Waals surface area contributed by atoms with Gasteiger partial charge in [-0.2, -0.15) is 5.26 Å². The summed E-state index contributed by atoms with van der Waals surface area (Å²) >= 11 is 0. The van der Waals surface area contributed by atoms with Gasteiger partial charge in [-0.1, -0.05) is 29.8 Å². The number of amides is 1. The van der Waals surface area contributed by atoms with Crippen LogP contribution in [-0.2, 0) is 14.3 Å². The third kappa shape index (κ3) is 5.63. The van der Waals surface area contributed by atoms with Gasteiger partial charge in [-0.15, -0.1) is 0 Å². The molecule has 0 bridgehead atoms. The average molecular weight is 334 g/mol. The Morgan fingerprint density at radius 2 is 1.76 bits per heavy atom. The highest BCUT2D eigenvalue weighted by molar-refractivity contribution is 5.96. The highest BCUT2D eigenvalue weighted by atomic mass is 16.5. The van der Waals surface area contributed by atoms with Gasteiger partial charge in [-0.3, -0.25) is 4.79 Å². The summed E-state index contributed by atoms with van der Waals surface area (Å²) in [5.74, 6) is -1.01. The normalized spacial score (nSPS) is 11.6. The maximum atomic E-state index is 12.0. The fourth-order valence-corrected chi connectivity index (χ4v) is 1.98. The van der Waals surface area contributed by atoms with Gasteiger partial charge >= 0.3 is 5.97 Å². The Hall–Kier alpha value is -3.39. The summed E-state index contributed by atoms with van der Waals surface area (Å²) in [6, 6.07) is 16.1. The predicted molar refractivity (Wildman–Crippen MR) is 95.6 cm³/mol. The van der Waals surface area contributed by atoms with Crippen LogP contribution in [0, 0.1) is 18.3 Å². The number of nitrogens with zero attached hydrogens (tertiary/aromatic N) is 1. The molecule has 0 aliphatic carbocycles. The molecule has 0 aromatic heterocycles. The number of anilines is 1. The van der Waals surface area contributed by atoms with Crippen LogP contribution in [-0.4, -0.2) is 18.0 Å². The molecule has 0 aliphatic heterocycles. The van der Waals surface area contributed by atoms with E-state index in [2.05, 4.69) is 5.32 Å². The van der Waals surface area contributed by atoms with E-state index in [0.717, 1.165) is 11.1 Å². The van der Waals surface area contributed by atoms with Crippen LogP contribution in [0.5, 0.6) is 0 Å². The summed E-state index contributed by atoms with van der Waals surface area (Å²) in [5.41, 5.74) is 3.03. The minimum absolute atomic E-state index is 0.399. The molecule has 0 spiro atoms. The van der Waals surface area contributed by atoms with E-state index in [4.69, 9.17) is 10.00 Å². The standard InChI is InChI=1S/C20H18N2O3/c1-14-3-10-18(11-4-14)22-20(24)15(2)25-19(23)12-9-16-5-7-17(13-21)8-6-16/h3-12,15H,1-2H3,(H,22,24)/b12-9+/t15-/m0/s1. The zero-order chi connectivity index (χ0) is 18.2. The summed E-state index contributed by atoms with van der Waals surface area (Å²) in [5, 5.41) is 11.4. The van der Waals surface area contributed by atoms with E-state index in [1.54, 1.807) is 42.5 Å². The first-order valence-electron chi connectivity index (χ1n) is 7.74. The lowest BCUT2D eigenvalue weighted by atomic mass is 10.1. The van der Waals surface area contributed by atoms with E-state index < -0.39 is 18.0 Å². The minimum atomic E-state index is -0.917. The largest absolute Gasteiger partial charge is 0.449 e. The Bertz CT molecular complexity index is 816. The van der Waals surface area contributed by atoms with E-state index in [1.807, 2.05) is 25.1 Å². The van der Waals surface area contributed by atoms with Crippen LogP contribution < -0.4 is 5.32 Å². The van der Waals surface area contributed by atoms with E-state index in [1.165, 1.54) is 13.0 Å². The van der Waals surface area contributed by atoms with E-state index in [0.29, 0.717) is 11.3 Å². The van der Waals surface area contributed by atoms with Crippen LogP contribution in [0.15, 0.2) is 54.6 Å². The number of nitrogens with one attached hydrogen (secondary N) is 1. The van der Waals surface area contributed by atoms with Gasteiger partial charge in [0.15, 0.2) is 6.10 Å². The first kappa shape index (κ1) is 18.0. The van der Waals surface area contributed by atoms with Crippen molar-refractivity contribution in [2.45, 2.75) is 20.0 Å². The third-order valence-corrected chi connectivity index (χ3v) is 3.43. The summed E-state index contributed by atoms with van der Waals surface area (Å²) in [7, 11) is 0. The van der Waals surface area contributed by atoms with Crippen LogP contribution in [0.1, 0.15) is 23.6 Å². The Morgan fingerprint density at radius 1 is 1.12 bits per heavy atom. The topological polar surface area (TPSA) is 79.2 Å². The highest BCUT2D eigenvalue weighted by Gasteiger charge is 2.16. The van der Waals surface area contributed by atoms with E-state index in [9.17, 15) is 9.59 Å². The number of benzene rings is 2. The van der Waals surface area contributed by atoms with Crippen LogP contribution >= 0.6 is 0 Å². The van der Waals surface area contributed by atoms with Gasteiger partial charge in [-0.05, 0) is 49.8 Å². The molecule has 0 fully saturated rings. The highest BCUT2D eigenvalue weighted by Crippen LogP contribution is 2.10. The fourth-order valence-electron chi connectivity index (χ4n) is 1.98. The SMILES string of the molecule is Cc1ccc(NC(=O)[C@H](C)OC(=O)/C=C/c2ccc(C#N)cc2)cc1. The Morgan fingerprint density at radius 3 is 2.36 bits per heavy atom. The van der Waals surface area contributed by atoms with Crippen molar-refractivity contribution in [1.82, 2.24) is 0 Å². The number of hydrogen-bond donors (Lipinski definition) is 1. The zero-order valence-corrected chi connectivity index (χ0v) is 14.0. The molecule has 2 rings (SSSR count). The molecule has 126 valence electrons. The molecule has 25 heavy (non-hydrogen) atoms. The molecule has 2 aromatic rings. The van der Waals surface area contributed by atoms with Crippen molar-refractivity contribution in [2.75, 3.05) is 5.32 Å². The maximum absolute atomic E-state index is 12.0. The predicted octanol–water partition coefficient (Wildman–Crippen LogP) is 3.45.